The minimum absolute atomic E-state index is 0.0284. The number of ether oxygens (including phenoxy) is 3. The number of carbonyl (C=O) groups is 7. The number of phosphoric ester groups is 2. The van der Waals surface area contributed by atoms with Crippen LogP contribution in [0, 0.1) is 11.8 Å². The predicted molar refractivity (Wildman–Crippen MR) is 304 cm³/mol. The number of urea groups is 1. The van der Waals surface area contributed by atoms with Crippen molar-refractivity contribution in [1.82, 2.24) is 65.2 Å². The first kappa shape index (κ1) is 65.1. The Hall–Kier alpha value is -8.35. The van der Waals surface area contributed by atoms with E-state index < -0.39 is 137 Å². The molecule has 8 amide bonds. The number of amides is 8. The summed E-state index contributed by atoms with van der Waals surface area (Å²) in [4.78, 5) is 148. The number of imide groups is 1. The maximum Gasteiger partial charge on any atom is 0.475 e. The van der Waals surface area contributed by atoms with Gasteiger partial charge >= 0.3 is 27.8 Å². The zero-order chi connectivity index (χ0) is 63.9. The molecule has 4 aromatic heterocycles. The van der Waals surface area contributed by atoms with E-state index in [1.807, 2.05) is 0 Å². The largest absolute Gasteiger partial charge is 0.475 e. The number of unbranched alkanes of at least 4 members (excludes halogenated alkanes) is 2. The lowest BCUT2D eigenvalue weighted by Gasteiger charge is -2.29. The number of carbonyl (C=O) groups excluding carboxylic acids is 7. The number of anilines is 3. The number of nitrogen functional groups attached to an aromatic ring is 2. The van der Waals surface area contributed by atoms with E-state index >= 15 is 0 Å². The average molecular weight is 1290 g/mol. The Morgan fingerprint density at radius 1 is 0.809 bits per heavy atom. The molecule has 9 rings (SSSR count). The zero-order valence-corrected chi connectivity index (χ0v) is 49.3. The Labute approximate surface area is 503 Å². The molecular formula is C50H65N17O20P2. The number of hydrogen-bond donors (Lipinski definition) is 12. The summed E-state index contributed by atoms with van der Waals surface area (Å²) in [5.74, 6) is -4.44. The van der Waals surface area contributed by atoms with Gasteiger partial charge in [-0.1, -0.05) is 32.4 Å². The number of hydrogen-bond acceptors (Lipinski definition) is 25. The Balaban J connectivity index is 0.823. The second-order valence-corrected chi connectivity index (χ2v) is 23.9. The molecule has 3 saturated heterocycles. The van der Waals surface area contributed by atoms with Gasteiger partial charge in [-0.3, -0.25) is 65.9 Å². The summed E-state index contributed by atoms with van der Waals surface area (Å²) in [6.45, 7) is 2.35. The first-order valence-corrected chi connectivity index (χ1v) is 30.8. The number of aliphatic hydroxyl groups is 1. The lowest BCUT2D eigenvalue weighted by molar-refractivity contribution is -0.139. The molecule has 8 heterocycles. The smallest absolute Gasteiger partial charge is 0.445 e. The number of fused-ring (bicyclic) bond motifs is 5. The van der Waals surface area contributed by atoms with Crippen molar-refractivity contribution in [3.05, 3.63) is 71.3 Å². The molecule has 12 atom stereocenters. The first-order valence-electron chi connectivity index (χ1n) is 27.8. The molecule has 39 heteroatoms. The molecule has 5 aromatic rings. The van der Waals surface area contributed by atoms with Gasteiger partial charge in [0.25, 0.3) is 17.4 Å². The van der Waals surface area contributed by atoms with Crippen LogP contribution in [0.2, 0.25) is 0 Å². The van der Waals surface area contributed by atoms with E-state index in [2.05, 4.69) is 56.5 Å². The van der Waals surface area contributed by atoms with E-state index in [-0.39, 0.29) is 91.7 Å². The van der Waals surface area contributed by atoms with Crippen LogP contribution in [0.4, 0.5) is 27.0 Å². The number of benzene rings is 1. The lowest BCUT2D eigenvalue weighted by atomic mass is 9.94. The van der Waals surface area contributed by atoms with Crippen molar-refractivity contribution in [3.8, 4) is 0 Å². The van der Waals surface area contributed by atoms with Crippen molar-refractivity contribution >= 4 is 97.1 Å². The van der Waals surface area contributed by atoms with E-state index in [0.29, 0.717) is 24.8 Å². The fourth-order valence-electron chi connectivity index (χ4n) is 10.2. The van der Waals surface area contributed by atoms with Crippen molar-refractivity contribution in [2.24, 2.45) is 17.6 Å². The highest BCUT2D eigenvalue weighted by molar-refractivity contribution is 7.47. The summed E-state index contributed by atoms with van der Waals surface area (Å²) in [6.07, 6.45) is -5.90. The van der Waals surface area contributed by atoms with Gasteiger partial charge in [0.05, 0.1) is 25.4 Å². The Bertz CT molecular complexity index is 3640. The van der Waals surface area contributed by atoms with Crippen molar-refractivity contribution in [3.63, 3.8) is 0 Å². The fraction of sp³-hybridized carbons (Fsp3) is 0.500. The molecule has 89 heavy (non-hydrogen) atoms. The summed E-state index contributed by atoms with van der Waals surface area (Å²) in [7, 11) is -10.8. The van der Waals surface area contributed by atoms with Gasteiger partial charge < -0.3 is 72.9 Å². The molecule has 0 spiro atoms. The number of alkyl carbamates (subject to hydrolysis) is 1. The third kappa shape index (κ3) is 15.9. The topological polar surface area (TPSA) is 528 Å². The highest BCUT2D eigenvalue weighted by Gasteiger charge is 2.56. The van der Waals surface area contributed by atoms with Gasteiger partial charge in [0, 0.05) is 49.8 Å². The average Bonchev–Trinajstić information content (AvgIpc) is 1.66. The summed E-state index contributed by atoms with van der Waals surface area (Å²) in [5, 5.41) is 24.6. The van der Waals surface area contributed by atoms with Gasteiger partial charge in [0.2, 0.25) is 30.0 Å². The van der Waals surface area contributed by atoms with Gasteiger partial charge in [-0.05, 0) is 55.7 Å². The number of aromatic amines is 1. The molecule has 4 unspecified atom stereocenters. The summed E-state index contributed by atoms with van der Waals surface area (Å²) in [6, 6.07) is 3.10. The number of nitrogens with one attached hydrogen (secondary N) is 6. The third-order valence-electron chi connectivity index (χ3n) is 14.6. The van der Waals surface area contributed by atoms with E-state index in [9.17, 15) is 62.4 Å². The van der Waals surface area contributed by atoms with Crippen LogP contribution in [-0.4, -0.2) is 170 Å². The van der Waals surface area contributed by atoms with Gasteiger partial charge in [0.15, 0.2) is 41.2 Å². The molecule has 0 saturated carbocycles. The molecule has 480 valence electrons. The third-order valence-corrected chi connectivity index (χ3v) is 16.6. The van der Waals surface area contributed by atoms with Gasteiger partial charge in [-0.15, -0.1) is 0 Å². The Kier molecular flexibility index (Phi) is 20.5. The Morgan fingerprint density at radius 3 is 2.24 bits per heavy atom. The SMILES string of the molecule is CC(C)[C@H](NC(=O)CCCCCN1C(=O)C=CC1=O)C(=O)N[C@@H](CCCNC(N)=O)C(=O)Nc1ccc(COC(=O)NCC[C@@H]2C3OP(=O)(O)O[C@H]4O[C@@H](n5cnc6c(N)ncnc65)C(O)[C@H]4OP(=O)(O)OC[C@H]2O[C@H]3n2cnc3c(=O)[nH]c(N)nc32)cc1. The highest BCUT2D eigenvalue weighted by atomic mass is 31.2. The second kappa shape index (κ2) is 28.0. The molecule has 0 aliphatic carbocycles. The minimum atomic E-state index is -5.51. The molecular weight excluding hydrogens is 1220 g/mol. The molecule has 1 aromatic carbocycles. The van der Waals surface area contributed by atoms with Crippen molar-refractivity contribution in [2.45, 2.75) is 121 Å². The quantitative estimate of drug-likeness (QED) is 0.0227. The van der Waals surface area contributed by atoms with Crippen LogP contribution in [0.3, 0.4) is 0 Å². The van der Waals surface area contributed by atoms with Gasteiger partial charge in [-0.25, -0.2) is 38.7 Å². The molecule has 37 nitrogen and oxygen atoms in total. The fourth-order valence-corrected chi connectivity index (χ4v) is 12.2. The molecule has 4 aliphatic heterocycles. The lowest BCUT2D eigenvalue weighted by Crippen LogP contribution is -2.54. The van der Waals surface area contributed by atoms with Crippen LogP contribution in [0.25, 0.3) is 22.3 Å². The molecule has 15 N–H and O–H groups in total. The van der Waals surface area contributed by atoms with Crippen LogP contribution < -0.4 is 49.3 Å². The maximum atomic E-state index is 14.2. The number of H-pyrrole nitrogens is 1. The number of aliphatic hydroxyl groups excluding tert-OH is 1. The number of primary amides is 1. The number of rotatable bonds is 23. The van der Waals surface area contributed by atoms with Gasteiger partial charge in [-0.2, -0.15) is 4.98 Å². The monoisotopic (exact) mass is 1290 g/mol. The predicted octanol–water partition coefficient (Wildman–Crippen LogP) is -0.314. The molecule has 3 fully saturated rings. The standard InChI is InChI=1S/C50H65N17O20P2/c1-24(2)33(62-30(68)8-4-3-5-18-65-31(69)13-14-32(65)70)43(73)61-28(7-6-16-54-49(53)75)42(72)60-26-11-9-25(10-12-26)19-81-50(76)55-17-15-27-29-20-82-88(77,78)86-38-36(71)45(66-22-58-34-39(51)56-21-57-40(34)66)84-47(38)87-89(79,80)85-37(27)46(83-29)67-23-59-35-41(67)63-48(52)64-44(35)74/h9-14,21-24,27-29,33,36-38,45-47,71H,3-8,15-20H2,1-2H3,(H,55,76)(H,60,72)(H,61,73)(H,62,68)(H,77,78)(H,79,80)(H2,51,56,57)(H3,53,54,75)(H3,52,63,64,74)/t27-,28-,29+,33-,36?,37?,38+,45+,46+,47+/m0/s1. The number of nitrogens with zero attached hydrogens (tertiary/aromatic N) is 8. The second-order valence-electron chi connectivity index (χ2n) is 21.2. The van der Waals surface area contributed by atoms with Crippen LogP contribution in [0.5, 0.6) is 0 Å². The molecule has 0 radical (unpaired) electrons. The van der Waals surface area contributed by atoms with Crippen LogP contribution in [0.15, 0.2) is 60.2 Å². The maximum absolute atomic E-state index is 14.2. The van der Waals surface area contributed by atoms with Crippen LogP contribution >= 0.6 is 15.6 Å². The van der Waals surface area contributed by atoms with Crippen molar-refractivity contribution in [1.29, 1.82) is 0 Å². The zero-order valence-electron chi connectivity index (χ0n) is 47.5. The van der Waals surface area contributed by atoms with Crippen molar-refractivity contribution < 1.29 is 89.9 Å². The summed E-state index contributed by atoms with van der Waals surface area (Å²) >= 11 is 0. The molecule has 4 aliphatic rings. The van der Waals surface area contributed by atoms with E-state index in [1.165, 1.54) is 36.4 Å². The normalized spacial score (nSPS) is 25.9. The minimum Gasteiger partial charge on any atom is -0.445 e. The van der Waals surface area contributed by atoms with Crippen LogP contribution in [0.1, 0.15) is 76.8 Å². The first-order chi connectivity index (χ1) is 42.3. The number of nitrogens with two attached hydrogens (primary N) is 3. The summed E-state index contributed by atoms with van der Waals surface area (Å²) in [5.41, 5.74) is 16.7. The summed E-state index contributed by atoms with van der Waals surface area (Å²) < 4.78 is 69.9. The Morgan fingerprint density at radius 2 is 1.52 bits per heavy atom. The van der Waals surface area contributed by atoms with Crippen molar-refractivity contribution in [2.75, 3.05) is 43.0 Å². The number of phosphoric acid groups is 2. The van der Waals surface area contributed by atoms with Crippen LogP contribution in [-0.2, 0) is 72.0 Å². The van der Waals surface area contributed by atoms with Gasteiger partial charge in [0.1, 0.15) is 42.7 Å². The van der Waals surface area contributed by atoms with E-state index in [1.54, 1.807) is 13.8 Å². The van der Waals surface area contributed by atoms with E-state index in [0.717, 1.165) is 33.0 Å². The van der Waals surface area contributed by atoms with E-state index in [4.69, 9.17) is 49.5 Å². The number of aromatic nitrogens is 8. The highest BCUT2D eigenvalue weighted by Crippen LogP contribution is 2.57. The molecule has 2 bridgehead atoms. The number of imidazole rings is 2.